The Morgan fingerprint density at radius 3 is 2.21 bits per heavy atom. The second-order valence-corrected chi connectivity index (χ2v) is 9.12. The fraction of sp³-hybridized carbons (Fsp3) is 0.607. The lowest BCUT2D eigenvalue weighted by Gasteiger charge is -2.12. The molecule has 0 fully saturated rings. The van der Waals surface area contributed by atoms with Crippen molar-refractivity contribution in [3.8, 4) is 5.75 Å². The summed E-state index contributed by atoms with van der Waals surface area (Å²) in [6, 6.07) is 7.68. The van der Waals surface area contributed by atoms with Crippen LogP contribution in [0.5, 0.6) is 5.75 Å². The molecule has 0 aliphatic rings. The third-order valence-electron chi connectivity index (χ3n) is 4.82. The van der Waals surface area contributed by atoms with Crippen molar-refractivity contribution in [3.63, 3.8) is 0 Å². The van der Waals surface area contributed by atoms with Gasteiger partial charge in [-0.25, -0.2) is 0 Å². The van der Waals surface area contributed by atoms with Gasteiger partial charge in [0.2, 0.25) is 5.91 Å². The van der Waals surface area contributed by atoms with Crippen LogP contribution in [-0.4, -0.2) is 61.9 Å². The first kappa shape index (κ1) is 37.4. The predicted octanol–water partition coefficient (Wildman–Crippen LogP) is 5.98. The molecule has 0 saturated heterocycles. The van der Waals surface area contributed by atoms with Crippen molar-refractivity contribution in [1.82, 2.24) is 5.32 Å². The van der Waals surface area contributed by atoms with Crippen LogP contribution in [0, 0.1) is 0 Å². The zero-order valence-corrected chi connectivity index (χ0v) is 25.7. The van der Waals surface area contributed by atoms with E-state index in [-0.39, 0.29) is 12.5 Å². The number of benzene rings is 1. The van der Waals surface area contributed by atoms with E-state index < -0.39 is 8.60 Å². The van der Waals surface area contributed by atoms with Gasteiger partial charge in [0, 0.05) is 12.1 Å². The van der Waals surface area contributed by atoms with E-state index in [0.717, 1.165) is 55.6 Å². The molecule has 0 spiro atoms. The van der Waals surface area contributed by atoms with Crippen LogP contribution in [0.1, 0.15) is 71.8 Å². The Hall–Kier alpha value is -1.65. The lowest BCUT2D eigenvalue weighted by molar-refractivity contribution is -0.126. The number of thiol groups is 1. The van der Waals surface area contributed by atoms with E-state index in [1.807, 2.05) is 57.2 Å². The van der Waals surface area contributed by atoms with Gasteiger partial charge >= 0.3 is 8.60 Å². The van der Waals surface area contributed by atoms with E-state index in [9.17, 15) is 4.79 Å². The van der Waals surface area contributed by atoms with Gasteiger partial charge in [-0.05, 0) is 62.1 Å². The molecule has 1 aromatic carbocycles. The van der Waals surface area contributed by atoms with E-state index >= 15 is 0 Å². The molecule has 0 bridgehead atoms. The van der Waals surface area contributed by atoms with Crippen LogP contribution >= 0.6 is 21.2 Å². The van der Waals surface area contributed by atoms with Gasteiger partial charge in [0.05, 0.1) is 26.4 Å². The van der Waals surface area contributed by atoms with Crippen molar-refractivity contribution in [3.05, 3.63) is 47.1 Å². The molecule has 0 aliphatic carbocycles. The third kappa shape index (κ3) is 21.8. The molecule has 0 heterocycles. The zero-order valence-electron chi connectivity index (χ0n) is 23.9. The maximum absolute atomic E-state index is 11.7. The molecule has 0 aromatic heterocycles. The molecule has 224 valence electrons. The van der Waals surface area contributed by atoms with Crippen LogP contribution in [0.4, 0.5) is 0 Å². The second kappa shape index (κ2) is 26.6. The largest absolute Gasteiger partial charge is 0.491 e. The highest BCUT2D eigenvalue weighted by atomic mass is 32.1. The summed E-state index contributed by atoms with van der Waals surface area (Å²) in [6.45, 7) is 10.5. The molecular formula is C28H48NO8PS. The molecule has 0 saturated carbocycles. The molecule has 0 unspecified atom stereocenters. The maximum Gasteiger partial charge on any atom is 0.327 e. The van der Waals surface area contributed by atoms with Gasteiger partial charge in [0.25, 0.3) is 0 Å². The smallest absolute Gasteiger partial charge is 0.327 e. The number of allylic oxidation sites excluding steroid dienone is 2. The number of carbonyl (C=O) groups is 1. The predicted molar refractivity (Wildman–Crippen MR) is 160 cm³/mol. The quantitative estimate of drug-likeness (QED) is 0.0565. The first-order chi connectivity index (χ1) is 19.0. The van der Waals surface area contributed by atoms with E-state index in [1.54, 1.807) is 0 Å². The Labute approximate surface area is 241 Å². The molecular weight excluding hydrogens is 541 g/mol. The Morgan fingerprint density at radius 2 is 1.54 bits per heavy atom. The van der Waals surface area contributed by atoms with Crippen LogP contribution in [0.3, 0.4) is 0 Å². The average molecular weight is 590 g/mol. The summed E-state index contributed by atoms with van der Waals surface area (Å²) in [6.07, 6.45) is 9.09. The van der Waals surface area contributed by atoms with Crippen LogP contribution in [-0.2, 0) is 23.5 Å². The molecule has 0 radical (unpaired) electrons. The van der Waals surface area contributed by atoms with Crippen LogP contribution < -0.4 is 10.1 Å². The monoisotopic (exact) mass is 589 g/mol. The van der Waals surface area contributed by atoms with E-state index in [0.29, 0.717) is 44.7 Å². The average Bonchev–Trinajstić information content (AvgIpc) is 2.93. The summed E-state index contributed by atoms with van der Waals surface area (Å²) in [4.78, 5) is 29.0. The van der Waals surface area contributed by atoms with Gasteiger partial charge < -0.3 is 38.6 Å². The minimum atomic E-state index is -2.26. The Kier molecular flexibility index (Phi) is 25.4. The Morgan fingerprint density at radius 1 is 0.897 bits per heavy atom. The van der Waals surface area contributed by atoms with Gasteiger partial charge in [-0.3, -0.25) is 4.79 Å². The maximum atomic E-state index is 11.7. The Bertz CT molecular complexity index is 790. The molecule has 1 aromatic rings. The molecule has 3 N–H and O–H groups in total. The fourth-order valence-corrected chi connectivity index (χ4v) is 3.63. The second-order valence-electron chi connectivity index (χ2n) is 7.92. The van der Waals surface area contributed by atoms with Crippen LogP contribution in [0.2, 0.25) is 0 Å². The SMILES string of the molecule is CC.CC/C=C(/S)O/C(=C/CC)c1ccc(OCCOCCOCC(=O)NCCCCCCOP(O)O)cc1. The van der Waals surface area contributed by atoms with Gasteiger partial charge in [-0.1, -0.05) is 40.5 Å². The number of carbonyl (C=O) groups excluding carboxylic acids is 1. The summed E-state index contributed by atoms with van der Waals surface area (Å²) in [5, 5.41) is 3.39. The van der Waals surface area contributed by atoms with Gasteiger partial charge in [-0.2, -0.15) is 0 Å². The molecule has 0 atom stereocenters. The zero-order chi connectivity index (χ0) is 29.1. The standard InChI is InChI=1S/C26H42NO8PS.C2H6/c1-3-9-24(35-26(37)10-4-2)22-11-13-23(14-12-22)33-20-19-31-17-18-32-21-25(28)27-15-7-5-6-8-16-34-36(29)30;1-2/h9-14,29-30,37H,3-8,15-21H2,1-2H3,(H,27,28);1-2H3/b24-9+,26-10+;. The van der Waals surface area contributed by atoms with Crippen molar-refractivity contribution in [2.45, 2.75) is 66.2 Å². The lowest BCUT2D eigenvalue weighted by Crippen LogP contribution is -2.29. The summed E-state index contributed by atoms with van der Waals surface area (Å²) >= 11 is 4.36. The molecule has 1 rings (SSSR count). The van der Waals surface area contributed by atoms with Gasteiger partial charge in [0.15, 0.2) is 5.09 Å². The number of amides is 1. The van der Waals surface area contributed by atoms with E-state index in [4.69, 9.17) is 28.7 Å². The molecule has 1 amide bonds. The number of rotatable bonds is 22. The lowest BCUT2D eigenvalue weighted by atomic mass is 10.1. The first-order valence-corrected chi connectivity index (χ1v) is 15.3. The van der Waals surface area contributed by atoms with E-state index in [2.05, 4.69) is 29.4 Å². The van der Waals surface area contributed by atoms with Crippen molar-refractivity contribution in [2.75, 3.05) is 46.2 Å². The highest BCUT2D eigenvalue weighted by molar-refractivity contribution is 7.84. The summed E-state index contributed by atoms with van der Waals surface area (Å²) in [7, 11) is -2.26. The van der Waals surface area contributed by atoms with Crippen molar-refractivity contribution < 1.29 is 38.1 Å². The molecule has 11 heteroatoms. The minimum absolute atomic E-state index is 0.00226. The van der Waals surface area contributed by atoms with E-state index in [1.165, 1.54) is 0 Å². The van der Waals surface area contributed by atoms with Gasteiger partial charge in [0.1, 0.15) is 24.7 Å². The number of unbranched alkanes of at least 4 members (excludes halogenated alkanes) is 3. The highest BCUT2D eigenvalue weighted by Gasteiger charge is 2.06. The Balaban J connectivity index is 0.00000704. The topological polar surface area (TPSA) is 116 Å². The number of hydrogen-bond donors (Lipinski definition) is 4. The fourth-order valence-electron chi connectivity index (χ4n) is 3.06. The number of nitrogens with one attached hydrogen (secondary N) is 1. The third-order valence-corrected chi connectivity index (χ3v) is 5.51. The normalized spacial score (nSPS) is 11.7. The van der Waals surface area contributed by atoms with Gasteiger partial charge in [-0.15, -0.1) is 12.6 Å². The molecule has 9 nitrogen and oxygen atoms in total. The number of hydrogen-bond acceptors (Lipinski definition) is 9. The first-order valence-electron chi connectivity index (χ1n) is 13.7. The van der Waals surface area contributed by atoms with Crippen molar-refractivity contribution in [1.29, 1.82) is 0 Å². The number of ether oxygens (including phenoxy) is 4. The minimum Gasteiger partial charge on any atom is -0.491 e. The van der Waals surface area contributed by atoms with Crippen LogP contribution in [0.15, 0.2) is 41.5 Å². The van der Waals surface area contributed by atoms with Crippen LogP contribution in [0.25, 0.3) is 5.76 Å². The van der Waals surface area contributed by atoms with Crippen molar-refractivity contribution in [2.24, 2.45) is 0 Å². The summed E-state index contributed by atoms with van der Waals surface area (Å²) < 4.78 is 27.1. The van der Waals surface area contributed by atoms with Crippen molar-refractivity contribution >= 4 is 32.9 Å². The summed E-state index contributed by atoms with van der Waals surface area (Å²) in [5.41, 5.74) is 0.953. The molecule has 0 aliphatic heterocycles. The molecule has 39 heavy (non-hydrogen) atoms. The summed E-state index contributed by atoms with van der Waals surface area (Å²) in [5.74, 6) is 1.35. The highest BCUT2D eigenvalue weighted by Crippen LogP contribution is 2.25.